The molecule has 0 heterocycles. The monoisotopic (exact) mass is 192 g/mol. The summed E-state index contributed by atoms with van der Waals surface area (Å²) in [6.45, 7) is 0.315. The Labute approximate surface area is 81.5 Å². The van der Waals surface area contributed by atoms with Crippen molar-refractivity contribution in [3.05, 3.63) is 34.7 Å². The maximum Gasteiger partial charge on any atom is 0.0851 e. The lowest BCUT2D eigenvalue weighted by molar-refractivity contribution is 0.960. The third-order valence-corrected chi connectivity index (χ3v) is 1.69. The van der Waals surface area contributed by atoms with Gasteiger partial charge in [0.15, 0.2) is 0 Å². The minimum Gasteiger partial charge on any atom is -0.195 e. The van der Waals surface area contributed by atoms with Crippen LogP contribution in [0.15, 0.2) is 34.4 Å². The molecule has 0 aliphatic heterocycles. The molecule has 0 saturated carbocycles. The maximum absolute atomic E-state index is 9.86. The van der Waals surface area contributed by atoms with Crippen molar-refractivity contribution >= 4 is 23.1 Å². The topological polar surface area (TPSA) is 41.8 Å². The standard InChI is InChI=1S/C9H8N2OS/c12-11-6-5-8-1-3-9(4-2-8)10-7-13/h1-4H,5-6H2. The van der Waals surface area contributed by atoms with Gasteiger partial charge in [-0.05, 0) is 36.3 Å². The summed E-state index contributed by atoms with van der Waals surface area (Å²) in [6.07, 6.45) is 0.672. The van der Waals surface area contributed by atoms with Gasteiger partial charge in [0.2, 0.25) is 0 Å². The quantitative estimate of drug-likeness (QED) is 0.418. The van der Waals surface area contributed by atoms with Gasteiger partial charge in [-0.3, -0.25) is 0 Å². The molecule has 0 aliphatic carbocycles. The number of nitroso groups, excluding NO2 is 1. The van der Waals surface area contributed by atoms with E-state index in [0.29, 0.717) is 13.0 Å². The molecule has 0 unspecified atom stereocenters. The number of hydrogen-bond acceptors (Lipinski definition) is 4. The Balaban J connectivity index is 2.68. The second-order valence-electron chi connectivity index (χ2n) is 2.47. The Kier molecular flexibility index (Phi) is 3.96. The fraction of sp³-hybridized carbons (Fsp3) is 0.222. The molecular weight excluding hydrogens is 184 g/mol. The molecule has 1 aromatic rings. The second-order valence-corrected chi connectivity index (χ2v) is 2.65. The van der Waals surface area contributed by atoms with E-state index in [1.165, 1.54) is 0 Å². The van der Waals surface area contributed by atoms with Crippen molar-refractivity contribution in [3.63, 3.8) is 0 Å². The summed E-state index contributed by atoms with van der Waals surface area (Å²) in [4.78, 5) is 13.7. The van der Waals surface area contributed by atoms with E-state index in [9.17, 15) is 4.91 Å². The van der Waals surface area contributed by atoms with Gasteiger partial charge < -0.3 is 0 Å². The van der Waals surface area contributed by atoms with Crippen LogP contribution >= 0.6 is 12.2 Å². The number of benzene rings is 1. The van der Waals surface area contributed by atoms with Crippen LogP contribution in [0.25, 0.3) is 0 Å². The van der Waals surface area contributed by atoms with E-state index in [2.05, 4.69) is 27.5 Å². The van der Waals surface area contributed by atoms with Crippen LogP contribution in [0, 0.1) is 4.91 Å². The van der Waals surface area contributed by atoms with E-state index in [1.807, 2.05) is 24.3 Å². The van der Waals surface area contributed by atoms with Gasteiger partial charge >= 0.3 is 0 Å². The van der Waals surface area contributed by atoms with E-state index in [1.54, 1.807) is 0 Å². The predicted molar refractivity (Wildman–Crippen MR) is 55.5 cm³/mol. The third-order valence-electron chi connectivity index (χ3n) is 1.60. The zero-order valence-electron chi connectivity index (χ0n) is 6.93. The van der Waals surface area contributed by atoms with E-state index in [-0.39, 0.29) is 0 Å². The molecule has 0 saturated heterocycles. The molecule has 3 nitrogen and oxygen atoms in total. The lowest BCUT2D eigenvalue weighted by atomic mass is 10.1. The van der Waals surface area contributed by atoms with Gasteiger partial charge in [0, 0.05) is 0 Å². The number of hydrogen-bond donors (Lipinski definition) is 0. The number of thiocarbonyl (C=S) groups is 1. The third kappa shape index (κ3) is 3.23. The van der Waals surface area contributed by atoms with Gasteiger partial charge in [0.25, 0.3) is 0 Å². The fourth-order valence-corrected chi connectivity index (χ4v) is 1.07. The Hall–Kier alpha value is -1.38. The molecule has 4 heteroatoms. The van der Waals surface area contributed by atoms with Gasteiger partial charge in [0.1, 0.15) is 0 Å². The highest BCUT2D eigenvalue weighted by Gasteiger charge is 1.92. The molecule has 0 radical (unpaired) electrons. The number of isothiocyanates is 1. The first-order valence-corrected chi connectivity index (χ1v) is 4.23. The first-order valence-electron chi connectivity index (χ1n) is 3.83. The minimum atomic E-state index is 0.315. The van der Waals surface area contributed by atoms with Crippen LogP contribution in [0.3, 0.4) is 0 Å². The highest BCUT2D eigenvalue weighted by atomic mass is 32.1. The molecule has 0 amide bonds. The van der Waals surface area contributed by atoms with Crippen LogP contribution in [-0.4, -0.2) is 11.7 Å². The largest absolute Gasteiger partial charge is 0.195 e. The lowest BCUT2D eigenvalue weighted by Gasteiger charge is -1.96. The van der Waals surface area contributed by atoms with Gasteiger partial charge in [-0.25, -0.2) is 0 Å². The smallest absolute Gasteiger partial charge is 0.0851 e. The SMILES string of the molecule is O=NCCc1ccc(N=C=S)cc1. The van der Waals surface area contributed by atoms with Crippen LogP contribution < -0.4 is 0 Å². The summed E-state index contributed by atoms with van der Waals surface area (Å²) < 4.78 is 0. The van der Waals surface area contributed by atoms with Crippen LogP contribution in [-0.2, 0) is 6.42 Å². The van der Waals surface area contributed by atoms with Crippen molar-refractivity contribution in [1.82, 2.24) is 0 Å². The van der Waals surface area contributed by atoms with E-state index in [0.717, 1.165) is 11.3 Å². The predicted octanol–water partition coefficient (Wildman–Crippen LogP) is 2.73. The zero-order chi connectivity index (χ0) is 9.52. The first kappa shape index (κ1) is 9.71. The molecule has 0 aliphatic rings. The van der Waals surface area contributed by atoms with E-state index >= 15 is 0 Å². The molecular formula is C9H8N2OS. The second kappa shape index (κ2) is 5.30. The lowest BCUT2D eigenvalue weighted by Crippen LogP contribution is -1.86. The molecule has 1 aromatic carbocycles. The van der Waals surface area contributed by atoms with E-state index < -0.39 is 0 Å². The normalized spacial score (nSPS) is 8.92. The van der Waals surface area contributed by atoms with Crippen molar-refractivity contribution in [2.24, 2.45) is 10.2 Å². The average molecular weight is 192 g/mol. The molecule has 1 rings (SSSR count). The number of rotatable bonds is 4. The summed E-state index contributed by atoms with van der Waals surface area (Å²) in [6, 6.07) is 7.46. The van der Waals surface area contributed by atoms with E-state index in [4.69, 9.17) is 0 Å². The Bertz CT molecular complexity index is 328. The minimum absolute atomic E-state index is 0.315. The molecule has 0 spiro atoms. The van der Waals surface area contributed by atoms with Gasteiger partial charge in [0.05, 0.1) is 17.4 Å². The van der Waals surface area contributed by atoms with Crippen molar-refractivity contribution in [2.75, 3.05) is 6.54 Å². The Morgan fingerprint density at radius 3 is 2.54 bits per heavy atom. The Morgan fingerprint density at radius 2 is 2.00 bits per heavy atom. The summed E-state index contributed by atoms with van der Waals surface area (Å²) in [5.41, 5.74) is 1.85. The highest BCUT2D eigenvalue weighted by molar-refractivity contribution is 7.78. The fourth-order valence-electron chi connectivity index (χ4n) is 0.965. The molecule has 0 aromatic heterocycles. The maximum atomic E-state index is 9.86. The number of aliphatic imine (C=N–C) groups is 1. The summed E-state index contributed by atoms with van der Waals surface area (Å²) in [7, 11) is 0. The van der Waals surface area contributed by atoms with Crippen LogP contribution in [0.1, 0.15) is 5.56 Å². The molecule has 0 N–H and O–H groups in total. The molecule has 0 bridgehead atoms. The van der Waals surface area contributed by atoms with Gasteiger partial charge in [-0.2, -0.15) is 9.90 Å². The van der Waals surface area contributed by atoms with Crippen LogP contribution in [0.2, 0.25) is 0 Å². The van der Waals surface area contributed by atoms with Crippen molar-refractivity contribution in [2.45, 2.75) is 6.42 Å². The molecule has 0 fully saturated rings. The van der Waals surface area contributed by atoms with Crippen molar-refractivity contribution in [1.29, 1.82) is 0 Å². The number of nitrogens with zero attached hydrogens (tertiary/aromatic N) is 2. The first-order chi connectivity index (χ1) is 6.36. The average Bonchev–Trinajstić information content (AvgIpc) is 2.17. The molecule has 0 atom stereocenters. The Morgan fingerprint density at radius 1 is 1.31 bits per heavy atom. The highest BCUT2D eigenvalue weighted by Crippen LogP contribution is 2.12. The zero-order valence-corrected chi connectivity index (χ0v) is 7.75. The molecule has 66 valence electrons. The summed E-state index contributed by atoms with van der Waals surface area (Å²) in [5, 5.41) is 5.07. The van der Waals surface area contributed by atoms with Gasteiger partial charge in [-0.1, -0.05) is 17.3 Å². The summed E-state index contributed by atoms with van der Waals surface area (Å²) in [5.74, 6) is 0. The summed E-state index contributed by atoms with van der Waals surface area (Å²) >= 11 is 4.46. The van der Waals surface area contributed by atoms with Crippen molar-refractivity contribution in [3.8, 4) is 0 Å². The van der Waals surface area contributed by atoms with Crippen molar-refractivity contribution < 1.29 is 0 Å². The van der Waals surface area contributed by atoms with Crippen LogP contribution in [0.4, 0.5) is 5.69 Å². The van der Waals surface area contributed by atoms with Gasteiger partial charge in [-0.15, -0.1) is 0 Å². The van der Waals surface area contributed by atoms with Crippen LogP contribution in [0.5, 0.6) is 0 Å². The molecule has 13 heavy (non-hydrogen) atoms.